The third-order valence-corrected chi connectivity index (χ3v) is 5.66. The number of nitrogens with zero attached hydrogens (tertiary/aromatic N) is 2. The van der Waals surface area contributed by atoms with Gasteiger partial charge in [-0.05, 0) is 78.9 Å². The van der Waals surface area contributed by atoms with E-state index in [2.05, 4.69) is 4.98 Å². The maximum Gasteiger partial charge on any atom is 0.266 e. The van der Waals surface area contributed by atoms with E-state index in [0.717, 1.165) is 5.56 Å². The third kappa shape index (κ3) is 4.21. The summed E-state index contributed by atoms with van der Waals surface area (Å²) in [6, 6.07) is 22.1. The second kappa shape index (κ2) is 8.70. The molecular formula is C26H15Cl2FN2O2. The molecule has 162 valence electrons. The zero-order chi connectivity index (χ0) is 22.9. The number of benzene rings is 3. The molecule has 2 aromatic heterocycles. The molecule has 0 aliphatic carbocycles. The van der Waals surface area contributed by atoms with Gasteiger partial charge in [-0.3, -0.25) is 9.36 Å². The molecule has 0 N–H and O–H groups in total. The SMILES string of the molecule is O=c1c2ccccc2nc(C=Cc2ccc(-c3ccc(Cl)cc3)o2)n1-c1ccc(F)c(Cl)c1. The van der Waals surface area contributed by atoms with Crippen LogP contribution in [0.3, 0.4) is 0 Å². The summed E-state index contributed by atoms with van der Waals surface area (Å²) in [7, 11) is 0. The number of fused-ring (bicyclic) bond motifs is 1. The highest BCUT2D eigenvalue weighted by atomic mass is 35.5. The van der Waals surface area contributed by atoms with Gasteiger partial charge < -0.3 is 4.42 Å². The second-order valence-corrected chi connectivity index (χ2v) is 8.11. The van der Waals surface area contributed by atoms with Gasteiger partial charge >= 0.3 is 0 Å². The maximum absolute atomic E-state index is 13.7. The molecule has 33 heavy (non-hydrogen) atoms. The van der Waals surface area contributed by atoms with E-state index >= 15 is 0 Å². The van der Waals surface area contributed by atoms with E-state index in [1.807, 2.05) is 30.3 Å². The van der Waals surface area contributed by atoms with Crippen molar-refractivity contribution < 1.29 is 8.81 Å². The Kier molecular flexibility index (Phi) is 5.58. The van der Waals surface area contributed by atoms with Gasteiger partial charge in [-0.25, -0.2) is 9.37 Å². The number of halogens is 3. The van der Waals surface area contributed by atoms with Gasteiger partial charge in [0.25, 0.3) is 5.56 Å². The first kappa shape index (κ1) is 21.2. The summed E-state index contributed by atoms with van der Waals surface area (Å²) in [5.74, 6) is 1.04. The van der Waals surface area contributed by atoms with Crippen LogP contribution in [0.5, 0.6) is 0 Å². The Labute approximate surface area is 198 Å². The Morgan fingerprint density at radius 3 is 2.48 bits per heavy atom. The molecule has 0 unspecified atom stereocenters. The predicted molar refractivity (Wildman–Crippen MR) is 130 cm³/mol. The van der Waals surface area contributed by atoms with Crippen LogP contribution in [0.4, 0.5) is 4.39 Å². The highest BCUT2D eigenvalue weighted by Crippen LogP contribution is 2.25. The first-order valence-electron chi connectivity index (χ1n) is 10.0. The molecule has 0 bridgehead atoms. The van der Waals surface area contributed by atoms with Crippen molar-refractivity contribution in [3.63, 3.8) is 0 Å². The van der Waals surface area contributed by atoms with Gasteiger partial charge in [-0.15, -0.1) is 0 Å². The van der Waals surface area contributed by atoms with Crippen molar-refractivity contribution in [3.8, 4) is 17.0 Å². The average Bonchev–Trinajstić information content (AvgIpc) is 3.29. The number of para-hydroxylation sites is 1. The van der Waals surface area contributed by atoms with Crippen LogP contribution in [0.25, 0.3) is 40.1 Å². The van der Waals surface area contributed by atoms with Crippen molar-refractivity contribution in [2.24, 2.45) is 0 Å². The first-order chi connectivity index (χ1) is 16.0. The van der Waals surface area contributed by atoms with Crippen LogP contribution in [0.2, 0.25) is 10.0 Å². The monoisotopic (exact) mass is 476 g/mol. The molecule has 0 spiro atoms. The van der Waals surface area contributed by atoms with Gasteiger partial charge in [0.15, 0.2) is 0 Å². The highest BCUT2D eigenvalue weighted by molar-refractivity contribution is 6.31. The van der Waals surface area contributed by atoms with Crippen LogP contribution in [0.15, 0.2) is 88.1 Å². The predicted octanol–water partition coefficient (Wildman–Crippen LogP) is 7.26. The first-order valence-corrected chi connectivity index (χ1v) is 10.8. The van der Waals surface area contributed by atoms with Gasteiger partial charge in [-0.2, -0.15) is 0 Å². The van der Waals surface area contributed by atoms with Crippen molar-refractivity contribution in [1.82, 2.24) is 9.55 Å². The normalized spacial score (nSPS) is 11.5. The largest absolute Gasteiger partial charge is 0.457 e. The molecule has 0 atom stereocenters. The van der Waals surface area contributed by atoms with Crippen molar-refractivity contribution in [3.05, 3.63) is 117 Å². The number of rotatable bonds is 4. The molecule has 0 aliphatic rings. The van der Waals surface area contributed by atoms with E-state index < -0.39 is 5.82 Å². The quantitative estimate of drug-likeness (QED) is 0.274. The van der Waals surface area contributed by atoms with E-state index in [-0.39, 0.29) is 10.6 Å². The molecule has 5 rings (SSSR count). The smallest absolute Gasteiger partial charge is 0.266 e. The molecule has 0 radical (unpaired) electrons. The van der Waals surface area contributed by atoms with E-state index in [1.54, 1.807) is 42.5 Å². The fourth-order valence-corrected chi connectivity index (χ4v) is 3.80. The van der Waals surface area contributed by atoms with Crippen LogP contribution in [0.1, 0.15) is 11.6 Å². The highest BCUT2D eigenvalue weighted by Gasteiger charge is 2.13. The van der Waals surface area contributed by atoms with Crippen molar-refractivity contribution >= 4 is 46.3 Å². The van der Waals surface area contributed by atoms with Gasteiger partial charge in [0.1, 0.15) is 23.2 Å². The number of furan rings is 1. The van der Waals surface area contributed by atoms with Crippen LogP contribution in [-0.4, -0.2) is 9.55 Å². The molecule has 2 heterocycles. The molecule has 7 heteroatoms. The van der Waals surface area contributed by atoms with Gasteiger partial charge in [0.05, 0.1) is 21.6 Å². The van der Waals surface area contributed by atoms with Gasteiger partial charge in [0, 0.05) is 10.6 Å². The zero-order valence-corrected chi connectivity index (χ0v) is 18.5. The lowest BCUT2D eigenvalue weighted by Gasteiger charge is -2.12. The Balaban J connectivity index is 1.60. The van der Waals surface area contributed by atoms with Crippen LogP contribution >= 0.6 is 23.2 Å². The van der Waals surface area contributed by atoms with E-state index in [4.69, 9.17) is 27.6 Å². The molecule has 0 fully saturated rings. The average molecular weight is 477 g/mol. The van der Waals surface area contributed by atoms with Crippen molar-refractivity contribution in [1.29, 1.82) is 0 Å². The lowest BCUT2D eigenvalue weighted by Crippen LogP contribution is -2.22. The number of aromatic nitrogens is 2. The van der Waals surface area contributed by atoms with E-state index in [0.29, 0.717) is 39.0 Å². The molecule has 0 amide bonds. The standard InChI is InChI=1S/C26H15Cl2FN2O2/c27-17-7-5-16(6-8-17)24-13-10-19(33-24)11-14-25-30-23-4-2-1-3-20(23)26(32)31(25)18-9-12-22(29)21(28)15-18/h1-15H. The summed E-state index contributed by atoms with van der Waals surface area (Å²) in [5.41, 5.74) is 1.56. The summed E-state index contributed by atoms with van der Waals surface area (Å²) in [6.45, 7) is 0. The van der Waals surface area contributed by atoms with Crippen LogP contribution in [-0.2, 0) is 0 Å². The van der Waals surface area contributed by atoms with E-state index in [9.17, 15) is 9.18 Å². The number of hydrogen-bond donors (Lipinski definition) is 0. The van der Waals surface area contributed by atoms with Gasteiger partial charge in [-0.1, -0.05) is 35.3 Å². The summed E-state index contributed by atoms with van der Waals surface area (Å²) in [6.07, 6.45) is 3.40. The Morgan fingerprint density at radius 1 is 0.909 bits per heavy atom. The van der Waals surface area contributed by atoms with Crippen LogP contribution < -0.4 is 5.56 Å². The van der Waals surface area contributed by atoms with E-state index in [1.165, 1.54) is 22.8 Å². The Morgan fingerprint density at radius 2 is 1.70 bits per heavy atom. The topological polar surface area (TPSA) is 48.0 Å². The van der Waals surface area contributed by atoms with Crippen LogP contribution in [0, 0.1) is 5.82 Å². The van der Waals surface area contributed by atoms with Crippen molar-refractivity contribution in [2.45, 2.75) is 0 Å². The number of hydrogen-bond acceptors (Lipinski definition) is 3. The molecule has 0 saturated heterocycles. The maximum atomic E-state index is 13.7. The lowest BCUT2D eigenvalue weighted by molar-refractivity contribution is 0.572. The fourth-order valence-electron chi connectivity index (χ4n) is 3.50. The molecule has 3 aromatic carbocycles. The molecular weight excluding hydrogens is 462 g/mol. The van der Waals surface area contributed by atoms with Gasteiger partial charge in [0.2, 0.25) is 0 Å². The van der Waals surface area contributed by atoms with Crippen molar-refractivity contribution in [2.75, 3.05) is 0 Å². The Bertz CT molecular complexity index is 1570. The summed E-state index contributed by atoms with van der Waals surface area (Å²) in [4.78, 5) is 17.9. The minimum Gasteiger partial charge on any atom is -0.457 e. The summed E-state index contributed by atoms with van der Waals surface area (Å²) in [5, 5.41) is 1.01. The summed E-state index contributed by atoms with van der Waals surface area (Å²) >= 11 is 11.9. The minimum absolute atomic E-state index is 0.0823. The summed E-state index contributed by atoms with van der Waals surface area (Å²) < 4.78 is 21.0. The molecule has 4 nitrogen and oxygen atoms in total. The lowest BCUT2D eigenvalue weighted by atomic mass is 10.2. The zero-order valence-electron chi connectivity index (χ0n) is 17.0. The fraction of sp³-hybridized carbons (Fsp3) is 0. The molecule has 0 saturated carbocycles. The third-order valence-electron chi connectivity index (χ3n) is 5.12. The minimum atomic E-state index is -0.565. The second-order valence-electron chi connectivity index (χ2n) is 7.27. The Hall–Kier alpha value is -3.67. The molecule has 0 aliphatic heterocycles. The molecule has 5 aromatic rings.